The molecule has 0 aliphatic rings. The van der Waals surface area contributed by atoms with Crippen molar-refractivity contribution in [1.29, 1.82) is 0 Å². The van der Waals surface area contributed by atoms with E-state index in [-0.39, 0.29) is 0 Å². The molecule has 112 valence electrons. The molecule has 2 aromatic rings. The molecular formula is C17H21ClN2O. The molecule has 0 saturated carbocycles. The van der Waals surface area contributed by atoms with Gasteiger partial charge in [-0.25, -0.2) is 0 Å². The largest absolute Gasteiger partial charge is 0.388 e. The van der Waals surface area contributed by atoms with E-state index in [9.17, 15) is 5.11 Å². The normalized spacial score (nSPS) is 12.6. The Morgan fingerprint density at radius 3 is 2.62 bits per heavy atom. The first-order valence-corrected chi connectivity index (χ1v) is 7.55. The van der Waals surface area contributed by atoms with Gasteiger partial charge in [-0.05, 0) is 37.2 Å². The van der Waals surface area contributed by atoms with Crippen molar-refractivity contribution in [2.75, 3.05) is 20.1 Å². The molecule has 3 nitrogen and oxygen atoms in total. The van der Waals surface area contributed by atoms with Crippen molar-refractivity contribution in [2.45, 2.75) is 18.9 Å². The summed E-state index contributed by atoms with van der Waals surface area (Å²) in [5.74, 6) is 0. The van der Waals surface area contributed by atoms with E-state index < -0.39 is 6.10 Å². The molecule has 1 aromatic heterocycles. The van der Waals surface area contributed by atoms with Gasteiger partial charge in [-0.1, -0.05) is 35.9 Å². The van der Waals surface area contributed by atoms with E-state index >= 15 is 0 Å². The molecule has 1 aromatic carbocycles. The third-order valence-corrected chi connectivity index (χ3v) is 3.87. The monoisotopic (exact) mass is 304 g/mol. The van der Waals surface area contributed by atoms with Crippen LogP contribution in [-0.2, 0) is 6.42 Å². The predicted molar refractivity (Wildman–Crippen MR) is 86.5 cm³/mol. The second-order valence-electron chi connectivity index (χ2n) is 5.20. The summed E-state index contributed by atoms with van der Waals surface area (Å²) in [4.78, 5) is 6.51. The highest BCUT2D eigenvalue weighted by Gasteiger charge is 2.11. The number of pyridine rings is 1. The van der Waals surface area contributed by atoms with Gasteiger partial charge in [0.2, 0.25) is 0 Å². The average molecular weight is 305 g/mol. The third-order valence-electron chi connectivity index (χ3n) is 3.52. The van der Waals surface area contributed by atoms with Crippen LogP contribution in [0.5, 0.6) is 0 Å². The Bertz CT molecular complexity index is 547. The number of rotatable bonds is 7. The van der Waals surface area contributed by atoms with Crippen LogP contribution < -0.4 is 0 Å². The van der Waals surface area contributed by atoms with E-state index in [2.05, 4.69) is 16.9 Å². The summed E-state index contributed by atoms with van der Waals surface area (Å²) in [6.45, 7) is 1.74. The molecule has 21 heavy (non-hydrogen) atoms. The van der Waals surface area contributed by atoms with Crippen LogP contribution in [0.15, 0.2) is 48.7 Å². The van der Waals surface area contributed by atoms with E-state index in [1.165, 1.54) is 0 Å². The fourth-order valence-corrected chi connectivity index (χ4v) is 2.47. The molecule has 0 aliphatic heterocycles. The minimum atomic E-state index is -0.518. The Hall–Kier alpha value is -1.42. The lowest BCUT2D eigenvalue weighted by molar-refractivity contribution is 0.149. The minimum Gasteiger partial charge on any atom is -0.388 e. The van der Waals surface area contributed by atoms with E-state index in [0.717, 1.165) is 30.8 Å². The molecule has 2 rings (SSSR count). The minimum absolute atomic E-state index is 0.518. The Balaban J connectivity index is 1.76. The zero-order valence-corrected chi connectivity index (χ0v) is 13.0. The van der Waals surface area contributed by atoms with Gasteiger partial charge >= 0.3 is 0 Å². The van der Waals surface area contributed by atoms with Gasteiger partial charge in [0.1, 0.15) is 0 Å². The highest BCUT2D eigenvalue weighted by molar-refractivity contribution is 6.31. The van der Waals surface area contributed by atoms with E-state index in [1.54, 1.807) is 0 Å². The maximum absolute atomic E-state index is 10.2. The number of nitrogens with zero attached hydrogens (tertiary/aromatic N) is 2. The van der Waals surface area contributed by atoms with Crippen LogP contribution in [-0.4, -0.2) is 35.1 Å². The van der Waals surface area contributed by atoms with Crippen LogP contribution in [0.4, 0.5) is 0 Å². The second-order valence-corrected chi connectivity index (χ2v) is 5.61. The van der Waals surface area contributed by atoms with Crippen LogP contribution in [0.3, 0.4) is 0 Å². The third kappa shape index (κ3) is 5.12. The molecule has 0 spiro atoms. The van der Waals surface area contributed by atoms with Crippen molar-refractivity contribution < 1.29 is 5.11 Å². The number of aromatic nitrogens is 1. The Morgan fingerprint density at radius 1 is 1.14 bits per heavy atom. The zero-order chi connectivity index (χ0) is 15.1. The quantitative estimate of drug-likeness (QED) is 0.852. The number of aliphatic hydroxyl groups is 1. The Kier molecular flexibility index (Phi) is 6.18. The molecular weight excluding hydrogens is 284 g/mol. The molecule has 0 bridgehead atoms. The number of halogens is 1. The van der Waals surface area contributed by atoms with Crippen molar-refractivity contribution >= 4 is 11.6 Å². The van der Waals surface area contributed by atoms with Crippen molar-refractivity contribution in [2.24, 2.45) is 0 Å². The standard InChI is InChI=1S/C17H21ClN2O/c1-20(12-9-14-6-4-5-11-19-14)13-10-17(21)15-7-2-3-8-16(15)18/h2-8,11,17,21H,9-10,12-13H2,1H3. The summed E-state index contributed by atoms with van der Waals surface area (Å²) in [6, 6.07) is 13.4. The van der Waals surface area contributed by atoms with Crippen molar-refractivity contribution in [1.82, 2.24) is 9.88 Å². The second kappa shape index (κ2) is 8.13. The summed E-state index contributed by atoms with van der Waals surface area (Å²) in [7, 11) is 2.06. The molecule has 1 atom stereocenters. The van der Waals surface area contributed by atoms with Crippen molar-refractivity contribution in [3.8, 4) is 0 Å². The number of benzene rings is 1. The molecule has 0 aliphatic carbocycles. The van der Waals surface area contributed by atoms with Crippen LogP contribution in [0, 0.1) is 0 Å². The molecule has 0 saturated heterocycles. The highest BCUT2D eigenvalue weighted by Crippen LogP contribution is 2.24. The maximum atomic E-state index is 10.2. The summed E-state index contributed by atoms with van der Waals surface area (Å²) < 4.78 is 0. The van der Waals surface area contributed by atoms with Crippen molar-refractivity contribution in [3.63, 3.8) is 0 Å². The zero-order valence-electron chi connectivity index (χ0n) is 12.2. The SMILES string of the molecule is CN(CCc1ccccn1)CCC(O)c1ccccc1Cl. The van der Waals surface area contributed by atoms with Gasteiger partial charge in [0.15, 0.2) is 0 Å². The molecule has 1 heterocycles. The van der Waals surface area contributed by atoms with Crippen LogP contribution in [0.1, 0.15) is 23.8 Å². The lowest BCUT2D eigenvalue weighted by atomic mass is 10.1. The predicted octanol–water partition coefficient (Wildman–Crippen LogP) is 3.33. The van der Waals surface area contributed by atoms with E-state index in [1.807, 2.05) is 48.7 Å². The summed E-state index contributed by atoms with van der Waals surface area (Å²) in [6.07, 6.45) is 2.88. The summed E-state index contributed by atoms with van der Waals surface area (Å²) in [5, 5.41) is 10.8. The number of hydrogen-bond donors (Lipinski definition) is 1. The van der Waals surface area contributed by atoms with Crippen molar-refractivity contribution in [3.05, 3.63) is 64.9 Å². The Morgan fingerprint density at radius 2 is 1.90 bits per heavy atom. The van der Waals surface area contributed by atoms with Gasteiger partial charge in [0.05, 0.1) is 6.10 Å². The molecule has 4 heteroatoms. The Labute approximate surface area is 131 Å². The average Bonchev–Trinajstić information content (AvgIpc) is 2.52. The molecule has 0 radical (unpaired) electrons. The first kappa shape index (κ1) is 16.0. The fourth-order valence-electron chi connectivity index (χ4n) is 2.21. The summed E-state index contributed by atoms with van der Waals surface area (Å²) in [5.41, 5.74) is 1.90. The van der Waals surface area contributed by atoms with Gasteiger partial charge in [-0.2, -0.15) is 0 Å². The molecule has 0 fully saturated rings. The van der Waals surface area contributed by atoms with Gasteiger partial charge in [-0.15, -0.1) is 0 Å². The first-order valence-electron chi connectivity index (χ1n) is 7.18. The highest BCUT2D eigenvalue weighted by atomic mass is 35.5. The van der Waals surface area contributed by atoms with E-state index in [0.29, 0.717) is 11.4 Å². The molecule has 1 unspecified atom stereocenters. The van der Waals surface area contributed by atoms with Gasteiger partial charge in [0, 0.05) is 36.4 Å². The summed E-state index contributed by atoms with van der Waals surface area (Å²) >= 11 is 6.09. The fraction of sp³-hybridized carbons (Fsp3) is 0.353. The van der Waals surface area contributed by atoms with Crippen LogP contribution >= 0.6 is 11.6 Å². The van der Waals surface area contributed by atoms with Crippen LogP contribution in [0.25, 0.3) is 0 Å². The van der Waals surface area contributed by atoms with Crippen LogP contribution in [0.2, 0.25) is 5.02 Å². The lowest BCUT2D eigenvalue weighted by Gasteiger charge is -2.19. The first-order chi connectivity index (χ1) is 10.2. The maximum Gasteiger partial charge on any atom is 0.0816 e. The van der Waals surface area contributed by atoms with Gasteiger partial charge in [-0.3, -0.25) is 4.98 Å². The number of hydrogen-bond acceptors (Lipinski definition) is 3. The van der Waals surface area contributed by atoms with Gasteiger partial charge in [0.25, 0.3) is 0 Å². The molecule has 0 amide bonds. The number of aliphatic hydroxyl groups excluding tert-OH is 1. The smallest absolute Gasteiger partial charge is 0.0816 e. The topological polar surface area (TPSA) is 36.4 Å². The molecule has 1 N–H and O–H groups in total. The van der Waals surface area contributed by atoms with E-state index in [4.69, 9.17) is 11.6 Å². The number of likely N-dealkylation sites (N-methyl/N-ethyl adjacent to an activating group) is 1. The van der Waals surface area contributed by atoms with Gasteiger partial charge < -0.3 is 10.0 Å². The lowest BCUT2D eigenvalue weighted by Crippen LogP contribution is -2.24.